The van der Waals surface area contributed by atoms with Crippen LogP contribution in [0.1, 0.15) is 13.8 Å². The Labute approximate surface area is 179 Å². The van der Waals surface area contributed by atoms with Gasteiger partial charge < -0.3 is 14.8 Å². The number of hydrogen-bond donors (Lipinski definition) is 1. The molecule has 1 N–H and O–H groups in total. The summed E-state index contributed by atoms with van der Waals surface area (Å²) in [5.41, 5.74) is 0.420. The molecule has 3 rings (SSSR count). The van der Waals surface area contributed by atoms with Gasteiger partial charge in [-0.2, -0.15) is 4.31 Å². The van der Waals surface area contributed by atoms with Gasteiger partial charge in [0.25, 0.3) is 5.91 Å². The van der Waals surface area contributed by atoms with Crippen LogP contribution in [0.4, 0.5) is 10.1 Å². The van der Waals surface area contributed by atoms with Crippen LogP contribution < -0.4 is 10.1 Å². The smallest absolute Gasteiger partial charge is 0.262 e. The van der Waals surface area contributed by atoms with Crippen molar-refractivity contribution >= 4 is 33.2 Å². The number of hydrogen-bond acceptors (Lipinski definition) is 5. The van der Waals surface area contributed by atoms with Crippen molar-refractivity contribution in [3.8, 4) is 5.75 Å². The van der Waals surface area contributed by atoms with Crippen molar-refractivity contribution < 1.29 is 27.1 Å². The third kappa shape index (κ3) is 5.48. The molecular formula is C20H22ClFN2O5S. The van der Waals surface area contributed by atoms with E-state index in [1.54, 1.807) is 0 Å². The molecular weight excluding hydrogens is 435 g/mol. The van der Waals surface area contributed by atoms with Crippen LogP contribution in [0.3, 0.4) is 0 Å². The van der Waals surface area contributed by atoms with E-state index >= 15 is 0 Å². The molecule has 0 bridgehead atoms. The Morgan fingerprint density at radius 3 is 2.43 bits per heavy atom. The molecule has 0 spiro atoms. The average molecular weight is 457 g/mol. The Hall–Kier alpha value is -2.20. The third-order valence-electron chi connectivity index (χ3n) is 4.42. The van der Waals surface area contributed by atoms with Crippen LogP contribution in [0.25, 0.3) is 0 Å². The first-order valence-corrected chi connectivity index (χ1v) is 11.1. The Balaban J connectivity index is 1.59. The number of nitrogens with zero attached hydrogens (tertiary/aromatic N) is 1. The fourth-order valence-electron chi connectivity index (χ4n) is 3.10. The Morgan fingerprint density at radius 1 is 1.20 bits per heavy atom. The second kappa shape index (κ2) is 9.30. The van der Waals surface area contributed by atoms with E-state index in [2.05, 4.69) is 5.32 Å². The fraction of sp³-hybridized carbons (Fsp3) is 0.350. The van der Waals surface area contributed by atoms with Gasteiger partial charge in [-0.1, -0.05) is 11.6 Å². The maximum Gasteiger partial charge on any atom is 0.262 e. The molecule has 0 aromatic heterocycles. The number of sulfonamides is 1. The lowest BCUT2D eigenvalue weighted by Gasteiger charge is -2.34. The third-order valence-corrected chi connectivity index (χ3v) is 6.56. The van der Waals surface area contributed by atoms with E-state index in [9.17, 15) is 17.6 Å². The van der Waals surface area contributed by atoms with Crippen LogP contribution in [0.5, 0.6) is 5.75 Å². The minimum absolute atomic E-state index is 0.103. The molecule has 1 fully saturated rings. The van der Waals surface area contributed by atoms with Gasteiger partial charge in [0.1, 0.15) is 11.6 Å². The molecule has 2 atom stereocenters. The highest BCUT2D eigenvalue weighted by Gasteiger charge is 2.32. The highest BCUT2D eigenvalue weighted by atomic mass is 35.5. The van der Waals surface area contributed by atoms with Crippen molar-refractivity contribution in [3.63, 3.8) is 0 Å². The molecule has 1 amide bonds. The minimum atomic E-state index is -3.65. The summed E-state index contributed by atoms with van der Waals surface area (Å²) >= 11 is 5.67. The first-order valence-electron chi connectivity index (χ1n) is 9.28. The monoisotopic (exact) mass is 456 g/mol. The zero-order chi connectivity index (χ0) is 21.9. The van der Waals surface area contributed by atoms with Gasteiger partial charge >= 0.3 is 0 Å². The number of amides is 1. The van der Waals surface area contributed by atoms with Crippen LogP contribution in [0.15, 0.2) is 47.4 Å². The zero-order valence-electron chi connectivity index (χ0n) is 16.5. The number of ether oxygens (including phenoxy) is 2. The van der Waals surface area contributed by atoms with Crippen LogP contribution in [-0.2, 0) is 19.6 Å². The topological polar surface area (TPSA) is 84.9 Å². The average Bonchev–Trinajstić information content (AvgIpc) is 2.68. The largest absolute Gasteiger partial charge is 0.484 e. The van der Waals surface area contributed by atoms with E-state index in [1.807, 2.05) is 13.8 Å². The van der Waals surface area contributed by atoms with Crippen molar-refractivity contribution in [2.75, 3.05) is 25.0 Å². The SMILES string of the molecule is CC1CN(S(=O)(=O)c2ccc(NC(=O)COc3ccc(F)c(Cl)c3)cc2)CC(C)O1. The maximum absolute atomic E-state index is 13.1. The summed E-state index contributed by atoms with van der Waals surface area (Å²) in [6.07, 6.45) is -0.365. The van der Waals surface area contributed by atoms with E-state index in [1.165, 1.54) is 40.7 Å². The molecule has 1 aliphatic rings. The Bertz CT molecular complexity index is 1010. The van der Waals surface area contributed by atoms with E-state index in [-0.39, 0.29) is 47.6 Å². The van der Waals surface area contributed by atoms with Crippen LogP contribution in [0, 0.1) is 5.82 Å². The molecule has 1 heterocycles. The molecule has 2 unspecified atom stereocenters. The summed E-state index contributed by atoms with van der Waals surface area (Å²) < 4.78 is 51.1. The summed E-state index contributed by atoms with van der Waals surface area (Å²) in [6, 6.07) is 9.68. The highest BCUT2D eigenvalue weighted by molar-refractivity contribution is 7.89. The summed E-state index contributed by atoms with van der Waals surface area (Å²) in [7, 11) is -3.65. The van der Waals surface area contributed by atoms with Gasteiger partial charge in [-0.3, -0.25) is 4.79 Å². The Kier molecular flexibility index (Phi) is 6.97. The number of anilines is 1. The number of rotatable bonds is 6. The van der Waals surface area contributed by atoms with E-state index in [4.69, 9.17) is 21.1 Å². The lowest BCUT2D eigenvalue weighted by atomic mass is 10.3. The van der Waals surface area contributed by atoms with Gasteiger partial charge in [-0.15, -0.1) is 0 Å². The van der Waals surface area contributed by atoms with Crippen molar-refractivity contribution in [1.82, 2.24) is 4.31 Å². The molecule has 2 aromatic carbocycles. The molecule has 162 valence electrons. The summed E-state index contributed by atoms with van der Waals surface area (Å²) in [6.45, 7) is 3.93. The fourth-order valence-corrected chi connectivity index (χ4v) is 4.86. The molecule has 0 aliphatic carbocycles. The molecule has 10 heteroatoms. The quantitative estimate of drug-likeness (QED) is 0.721. The van der Waals surface area contributed by atoms with Crippen molar-refractivity contribution in [3.05, 3.63) is 53.3 Å². The van der Waals surface area contributed by atoms with Gasteiger partial charge in [-0.25, -0.2) is 12.8 Å². The molecule has 1 aliphatic heterocycles. The molecule has 30 heavy (non-hydrogen) atoms. The number of carbonyl (C=O) groups is 1. The number of halogens is 2. The number of benzene rings is 2. The molecule has 0 radical (unpaired) electrons. The predicted molar refractivity (Wildman–Crippen MR) is 111 cm³/mol. The first-order chi connectivity index (χ1) is 14.1. The second-order valence-electron chi connectivity index (χ2n) is 7.02. The zero-order valence-corrected chi connectivity index (χ0v) is 18.0. The standard InChI is InChI=1S/C20H22ClFN2O5S/c1-13-10-24(11-14(2)29-13)30(26,27)17-6-3-15(4-7-17)23-20(25)12-28-16-5-8-19(22)18(21)9-16/h3-9,13-14H,10-12H2,1-2H3,(H,23,25). The summed E-state index contributed by atoms with van der Waals surface area (Å²) in [5, 5.41) is 2.51. The van der Waals surface area contributed by atoms with E-state index in [0.29, 0.717) is 5.69 Å². The van der Waals surface area contributed by atoms with Crippen LogP contribution in [-0.4, -0.2) is 50.5 Å². The van der Waals surface area contributed by atoms with Crippen LogP contribution >= 0.6 is 11.6 Å². The molecule has 7 nitrogen and oxygen atoms in total. The summed E-state index contributed by atoms with van der Waals surface area (Å²) in [5.74, 6) is -0.779. The second-order valence-corrected chi connectivity index (χ2v) is 9.36. The maximum atomic E-state index is 13.1. The minimum Gasteiger partial charge on any atom is -0.484 e. The lowest BCUT2D eigenvalue weighted by Crippen LogP contribution is -2.48. The highest BCUT2D eigenvalue weighted by Crippen LogP contribution is 2.23. The van der Waals surface area contributed by atoms with Crippen molar-refractivity contribution in [1.29, 1.82) is 0 Å². The van der Waals surface area contributed by atoms with Gasteiger partial charge in [0.15, 0.2) is 6.61 Å². The number of carbonyl (C=O) groups excluding carboxylic acids is 1. The normalized spacial score (nSPS) is 20.0. The van der Waals surface area contributed by atoms with Gasteiger partial charge in [-0.05, 0) is 50.2 Å². The van der Waals surface area contributed by atoms with Crippen molar-refractivity contribution in [2.24, 2.45) is 0 Å². The molecule has 0 saturated carbocycles. The Morgan fingerprint density at radius 2 is 1.83 bits per heavy atom. The molecule has 1 saturated heterocycles. The van der Waals surface area contributed by atoms with Crippen LogP contribution in [0.2, 0.25) is 5.02 Å². The number of nitrogens with one attached hydrogen (secondary N) is 1. The van der Waals surface area contributed by atoms with Gasteiger partial charge in [0, 0.05) is 24.8 Å². The van der Waals surface area contributed by atoms with Gasteiger partial charge in [0.2, 0.25) is 10.0 Å². The lowest BCUT2D eigenvalue weighted by molar-refractivity contribution is -0.118. The first kappa shape index (κ1) is 22.5. The van der Waals surface area contributed by atoms with Crippen molar-refractivity contribution in [2.45, 2.75) is 31.0 Å². The van der Waals surface area contributed by atoms with E-state index < -0.39 is 21.7 Å². The predicted octanol–water partition coefficient (Wildman–Crippen LogP) is 3.29. The molecule has 2 aromatic rings. The summed E-state index contributed by atoms with van der Waals surface area (Å²) in [4.78, 5) is 12.2. The number of morpholine rings is 1. The van der Waals surface area contributed by atoms with Gasteiger partial charge in [0.05, 0.1) is 22.1 Å². The van der Waals surface area contributed by atoms with E-state index in [0.717, 1.165) is 6.07 Å².